The molecule has 0 atom stereocenters. The lowest BCUT2D eigenvalue weighted by Gasteiger charge is -1.92. The number of hydrogen-bond acceptors (Lipinski definition) is 5. The monoisotopic (exact) mass is 312 g/mol. The van der Waals surface area contributed by atoms with E-state index >= 15 is 0 Å². The van der Waals surface area contributed by atoms with Crippen molar-refractivity contribution in [3.05, 3.63) is 34.6 Å². The lowest BCUT2D eigenvalue weighted by Crippen LogP contribution is -2.05. The first-order valence-corrected chi connectivity index (χ1v) is 7.20. The van der Waals surface area contributed by atoms with Crippen molar-refractivity contribution < 1.29 is 8.42 Å². The Morgan fingerprint density at radius 3 is 2.41 bits per heavy atom. The fraction of sp³-hybridized carbons (Fsp3) is 0. The molecule has 0 unspecified atom stereocenters. The Balaban J connectivity index is 0.00000144. The Hall–Kier alpha value is -0.890. The predicted octanol–water partition coefficient (Wildman–Crippen LogP) is 1.85. The number of halogens is 2. The molecule has 92 valence electrons. The van der Waals surface area contributed by atoms with Crippen LogP contribution in [0.15, 0.2) is 33.3 Å². The Morgan fingerprint density at radius 2 is 1.94 bits per heavy atom. The van der Waals surface area contributed by atoms with Crippen molar-refractivity contribution in [2.24, 2.45) is 0 Å². The topological polar surface area (TPSA) is 79.9 Å². The van der Waals surface area contributed by atoms with Crippen molar-refractivity contribution in [2.45, 2.75) is 4.21 Å². The number of hydrogen-bond donors (Lipinski definition) is 1. The van der Waals surface area contributed by atoms with E-state index in [2.05, 4.69) is 10.2 Å². The Kier molecular flexibility index (Phi) is 4.31. The molecule has 0 amide bonds. The fourth-order valence-electron chi connectivity index (χ4n) is 1.07. The zero-order valence-electron chi connectivity index (χ0n) is 8.08. The van der Waals surface area contributed by atoms with Crippen molar-refractivity contribution in [1.82, 2.24) is 10.2 Å². The SMILES string of the molecule is Cl.O=c1ccc(-c2ccc(S(=O)(=O)Cl)s2)n[nH]1. The summed E-state index contributed by atoms with van der Waals surface area (Å²) in [6, 6.07) is 5.81. The third-order valence-corrected chi connectivity index (χ3v) is 4.95. The number of thiophene rings is 1. The molecule has 0 bridgehead atoms. The average molecular weight is 313 g/mol. The summed E-state index contributed by atoms with van der Waals surface area (Å²) in [4.78, 5) is 11.4. The molecule has 0 fully saturated rings. The van der Waals surface area contributed by atoms with E-state index in [1.54, 1.807) is 6.07 Å². The maximum atomic E-state index is 11.0. The molecule has 0 saturated carbocycles. The molecule has 2 aromatic rings. The van der Waals surface area contributed by atoms with Gasteiger partial charge in [0.25, 0.3) is 14.6 Å². The number of nitrogens with one attached hydrogen (secondary N) is 1. The van der Waals surface area contributed by atoms with E-state index < -0.39 is 9.05 Å². The smallest absolute Gasteiger partial charge is 0.268 e. The van der Waals surface area contributed by atoms with Crippen LogP contribution in [-0.2, 0) is 9.05 Å². The van der Waals surface area contributed by atoms with E-state index in [0.29, 0.717) is 10.6 Å². The maximum Gasteiger partial charge on any atom is 0.270 e. The van der Waals surface area contributed by atoms with Crippen LogP contribution in [-0.4, -0.2) is 18.6 Å². The molecule has 0 saturated heterocycles. The normalized spacial score (nSPS) is 10.9. The van der Waals surface area contributed by atoms with Gasteiger partial charge in [0, 0.05) is 16.7 Å². The number of nitrogens with zero attached hydrogens (tertiary/aromatic N) is 1. The summed E-state index contributed by atoms with van der Waals surface area (Å²) in [5.41, 5.74) is 0.182. The maximum absolute atomic E-state index is 11.0. The van der Waals surface area contributed by atoms with Crippen LogP contribution >= 0.6 is 34.4 Å². The molecule has 0 aliphatic rings. The summed E-state index contributed by atoms with van der Waals surface area (Å²) < 4.78 is 22.1. The molecule has 0 radical (unpaired) electrons. The quantitative estimate of drug-likeness (QED) is 0.858. The third-order valence-electron chi connectivity index (χ3n) is 1.75. The molecule has 17 heavy (non-hydrogen) atoms. The second-order valence-electron chi connectivity index (χ2n) is 2.86. The van der Waals surface area contributed by atoms with Crippen LogP contribution < -0.4 is 5.56 Å². The fourth-order valence-corrected chi connectivity index (χ4v) is 3.11. The molecule has 5 nitrogen and oxygen atoms in total. The van der Waals surface area contributed by atoms with Crippen LogP contribution in [0.1, 0.15) is 0 Å². The van der Waals surface area contributed by atoms with Crippen LogP contribution in [0.5, 0.6) is 0 Å². The van der Waals surface area contributed by atoms with E-state index in [1.165, 1.54) is 18.2 Å². The number of aromatic nitrogens is 2. The van der Waals surface area contributed by atoms with Crippen LogP contribution in [0.3, 0.4) is 0 Å². The molecular weight excluding hydrogens is 307 g/mol. The Bertz CT molecular complexity index is 658. The van der Waals surface area contributed by atoms with Crippen molar-refractivity contribution in [1.29, 1.82) is 0 Å². The minimum absolute atomic E-state index is 0. The molecule has 0 aliphatic carbocycles. The summed E-state index contributed by atoms with van der Waals surface area (Å²) in [6.45, 7) is 0. The molecule has 0 aromatic carbocycles. The molecule has 2 heterocycles. The van der Waals surface area contributed by atoms with Crippen molar-refractivity contribution >= 4 is 43.5 Å². The van der Waals surface area contributed by atoms with Crippen LogP contribution in [0.25, 0.3) is 10.6 Å². The van der Waals surface area contributed by atoms with Gasteiger partial charge in [0.05, 0.1) is 4.88 Å². The molecule has 1 N–H and O–H groups in total. The molecule has 0 aliphatic heterocycles. The van der Waals surface area contributed by atoms with Crippen LogP contribution in [0.2, 0.25) is 0 Å². The number of H-pyrrole nitrogens is 1. The van der Waals surface area contributed by atoms with Crippen molar-refractivity contribution in [3.8, 4) is 10.6 Å². The van der Waals surface area contributed by atoms with E-state index in [0.717, 1.165) is 11.3 Å². The summed E-state index contributed by atoms with van der Waals surface area (Å²) in [7, 11) is 1.48. The van der Waals surface area contributed by atoms with Crippen molar-refractivity contribution in [2.75, 3.05) is 0 Å². The largest absolute Gasteiger partial charge is 0.270 e. The Morgan fingerprint density at radius 1 is 1.24 bits per heavy atom. The van der Waals surface area contributed by atoms with Gasteiger partial charge < -0.3 is 0 Å². The standard InChI is InChI=1S/C8H5ClN2O3S2.ClH/c9-16(13,14)8-4-2-6(15-8)5-1-3-7(12)11-10-5;/h1-4H,(H,11,12);1H. The van der Waals surface area contributed by atoms with Gasteiger partial charge in [0.1, 0.15) is 9.90 Å². The summed E-state index contributed by atoms with van der Waals surface area (Å²) in [5, 5.41) is 6.04. The summed E-state index contributed by atoms with van der Waals surface area (Å²) in [6.07, 6.45) is 0. The number of aromatic amines is 1. The zero-order chi connectivity index (χ0) is 11.8. The van der Waals surface area contributed by atoms with E-state index in [1.807, 2.05) is 0 Å². The van der Waals surface area contributed by atoms with Gasteiger partial charge in [-0.05, 0) is 18.2 Å². The molecule has 2 rings (SSSR count). The van der Waals surface area contributed by atoms with Gasteiger partial charge in [-0.25, -0.2) is 13.5 Å². The van der Waals surface area contributed by atoms with Crippen LogP contribution in [0, 0.1) is 0 Å². The first-order chi connectivity index (χ1) is 7.47. The van der Waals surface area contributed by atoms with Crippen molar-refractivity contribution in [3.63, 3.8) is 0 Å². The first-order valence-electron chi connectivity index (χ1n) is 4.07. The van der Waals surface area contributed by atoms with Crippen LogP contribution in [0.4, 0.5) is 0 Å². The Labute approximate surface area is 111 Å². The molecule has 9 heteroatoms. The highest BCUT2D eigenvalue weighted by molar-refractivity contribution is 8.15. The summed E-state index contributed by atoms with van der Waals surface area (Å²) in [5.74, 6) is 0. The second-order valence-corrected chi connectivity index (χ2v) is 6.74. The zero-order valence-corrected chi connectivity index (χ0v) is 11.3. The minimum Gasteiger partial charge on any atom is -0.268 e. The first kappa shape index (κ1) is 14.2. The van der Waals surface area contributed by atoms with Gasteiger partial charge in [0.2, 0.25) is 0 Å². The highest BCUT2D eigenvalue weighted by Crippen LogP contribution is 2.30. The minimum atomic E-state index is -3.71. The number of rotatable bonds is 2. The van der Waals surface area contributed by atoms with Gasteiger partial charge >= 0.3 is 0 Å². The lowest BCUT2D eigenvalue weighted by atomic mass is 10.3. The van der Waals surface area contributed by atoms with Gasteiger partial charge in [-0.3, -0.25) is 4.79 Å². The van der Waals surface area contributed by atoms with Gasteiger partial charge in [-0.2, -0.15) is 5.10 Å². The van der Waals surface area contributed by atoms with Gasteiger partial charge in [0.15, 0.2) is 0 Å². The third kappa shape index (κ3) is 3.29. The van der Waals surface area contributed by atoms with E-state index in [-0.39, 0.29) is 22.2 Å². The second kappa shape index (κ2) is 5.18. The predicted molar refractivity (Wildman–Crippen MR) is 68.5 cm³/mol. The lowest BCUT2D eigenvalue weighted by molar-refractivity contribution is 0.611. The average Bonchev–Trinajstić information content (AvgIpc) is 2.67. The molecular formula is C8H6Cl2N2O3S2. The highest BCUT2D eigenvalue weighted by Gasteiger charge is 2.14. The molecule has 2 aromatic heterocycles. The van der Waals surface area contributed by atoms with Gasteiger partial charge in [-0.1, -0.05) is 0 Å². The van der Waals surface area contributed by atoms with E-state index in [9.17, 15) is 13.2 Å². The summed E-state index contributed by atoms with van der Waals surface area (Å²) >= 11 is 0.994. The molecule has 0 spiro atoms. The highest BCUT2D eigenvalue weighted by atomic mass is 35.7. The van der Waals surface area contributed by atoms with E-state index in [4.69, 9.17) is 10.7 Å². The van der Waals surface area contributed by atoms with Gasteiger partial charge in [-0.15, -0.1) is 23.7 Å².